The standard InChI is InChI=1S/2C4H9.C3H7O.Sn/c2*1-3-4-2;1-3(2)4;/h2*1,3-4H2,2H3;3H,1-2H3;/q;;-1;+1. The fourth-order valence-corrected chi connectivity index (χ4v) is 8.88. The summed E-state index contributed by atoms with van der Waals surface area (Å²) in [6.45, 7) is 8.91. The van der Waals surface area contributed by atoms with E-state index in [1.807, 2.05) is 0 Å². The molecule has 0 fully saturated rings. The van der Waals surface area contributed by atoms with Crippen LogP contribution in [0, 0.1) is 0 Å². The topological polar surface area (TPSA) is 9.23 Å². The first-order chi connectivity index (χ1) is 6.20. The summed E-state index contributed by atoms with van der Waals surface area (Å²) in [5.74, 6) is 0. The molecule has 0 amide bonds. The van der Waals surface area contributed by atoms with Crippen LogP contribution in [-0.4, -0.2) is 26.3 Å². The fourth-order valence-electron chi connectivity index (χ4n) is 1.32. The van der Waals surface area contributed by atoms with E-state index in [4.69, 9.17) is 3.07 Å². The van der Waals surface area contributed by atoms with Gasteiger partial charge in [0.15, 0.2) is 0 Å². The maximum absolute atomic E-state index is 6.05. The van der Waals surface area contributed by atoms with Crippen molar-refractivity contribution in [2.24, 2.45) is 0 Å². The van der Waals surface area contributed by atoms with Crippen molar-refractivity contribution in [2.75, 3.05) is 0 Å². The van der Waals surface area contributed by atoms with Crippen molar-refractivity contribution in [3.63, 3.8) is 0 Å². The molecule has 13 heavy (non-hydrogen) atoms. The third-order valence-electron chi connectivity index (χ3n) is 2.02. The Morgan fingerprint density at radius 1 is 1.00 bits per heavy atom. The number of hydrogen-bond donors (Lipinski definition) is 0. The van der Waals surface area contributed by atoms with Crippen molar-refractivity contribution in [1.29, 1.82) is 0 Å². The van der Waals surface area contributed by atoms with Gasteiger partial charge in [-0.1, -0.05) is 0 Å². The molecule has 79 valence electrons. The molecule has 0 bridgehead atoms. The Bertz CT molecular complexity index is 96.3. The zero-order valence-corrected chi connectivity index (χ0v) is 12.6. The van der Waals surface area contributed by atoms with Crippen LogP contribution in [-0.2, 0) is 3.07 Å². The van der Waals surface area contributed by atoms with Crippen molar-refractivity contribution >= 4 is 20.2 Å². The van der Waals surface area contributed by atoms with Crippen molar-refractivity contribution in [3.8, 4) is 0 Å². The number of hydrogen-bond acceptors (Lipinski definition) is 1. The van der Waals surface area contributed by atoms with Crippen LogP contribution in [0.5, 0.6) is 0 Å². The average molecular weight is 292 g/mol. The molecule has 1 radical (unpaired) electrons. The predicted octanol–water partition coefficient (Wildman–Crippen LogP) is 4.00. The maximum atomic E-state index is 6.05. The first-order valence-electron chi connectivity index (χ1n) is 5.72. The number of unbranched alkanes of at least 4 members (excludes halogenated alkanes) is 2. The molecule has 0 rings (SSSR count). The molecule has 0 aromatic heterocycles. The van der Waals surface area contributed by atoms with Gasteiger partial charge in [-0.25, -0.2) is 0 Å². The van der Waals surface area contributed by atoms with Gasteiger partial charge in [-0.3, -0.25) is 0 Å². The first kappa shape index (κ1) is 13.8. The molecule has 0 aromatic rings. The second-order valence-electron chi connectivity index (χ2n) is 3.91. The van der Waals surface area contributed by atoms with Gasteiger partial charge >= 0.3 is 91.6 Å². The molecule has 0 unspecified atom stereocenters. The third-order valence-corrected chi connectivity index (χ3v) is 9.52. The number of rotatable bonds is 8. The monoisotopic (exact) mass is 293 g/mol. The van der Waals surface area contributed by atoms with Crippen LogP contribution >= 0.6 is 0 Å². The molecule has 0 saturated carbocycles. The van der Waals surface area contributed by atoms with Gasteiger partial charge in [-0.15, -0.1) is 0 Å². The van der Waals surface area contributed by atoms with Gasteiger partial charge in [0.05, 0.1) is 0 Å². The molecule has 1 nitrogen and oxygen atoms in total. The molecule has 0 aromatic carbocycles. The summed E-state index contributed by atoms with van der Waals surface area (Å²) in [6, 6.07) is 0. The van der Waals surface area contributed by atoms with E-state index in [1.165, 1.54) is 34.6 Å². The summed E-state index contributed by atoms with van der Waals surface area (Å²) in [5, 5.41) is 0. The predicted molar refractivity (Wildman–Crippen MR) is 61.4 cm³/mol. The van der Waals surface area contributed by atoms with E-state index in [0.29, 0.717) is 6.10 Å². The van der Waals surface area contributed by atoms with Crippen LogP contribution in [0.2, 0.25) is 8.87 Å². The van der Waals surface area contributed by atoms with E-state index in [0.717, 1.165) is 0 Å². The zero-order valence-electron chi connectivity index (χ0n) is 9.73. The van der Waals surface area contributed by atoms with Gasteiger partial charge in [0.2, 0.25) is 0 Å². The second kappa shape index (κ2) is 9.32. The molecule has 0 N–H and O–H groups in total. The normalized spacial score (nSPS) is 11.5. The van der Waals surface area contributed by atoms with Crippen molar-refractivity contribution in [3.05, 3.63) is 0 Å². The summed E-state index contributed by atoms with van der Waals surface area (Å²) in [4.78, 5) is 0. The molecule has 0 aliphatic carbocycles. The Kier molecular flexibility index (Phi) is 9.86. The SMILES string of the molecule is CCC[CH2][Sn]([CH2]CCC)[O]C(C)C. The minimum atomic E-state index is -1.38. The molecular formula is C11H25OSn. The zero-order chi connectivity index (χ0) is 10.1. The van der Waals surface area contributed by atoms with Gasteiger partial charge in [-0.05, 0) is 0 Å². The van der Waals surface area contributed by atoms with E-state index in [-0.39, 0.29) is 0 Å². The van der Waals surface area contributed by atoms with Gasteiger partial charge in [-0.2, -0.15) is 0 Å². The van der Waals surface area contributed by atoms with Crippen LogP contribution in [0.15, 0.2) is 0 Å². The van der Waals surface area contributed by atoms with E-state index in [1.54, 1.807) is 0 Å². The summed E-state index contributed by atoms with van der Waals surface area (Å²) in [5.41, 5.74) is 0. The Balaban J connectivity index is 3.60. The van der Waals surface area contributed by atoms with Crippen LogP contribution in [0.25, 0.3) is 0 Å². The van der Waals surface area contributed by atoms with Crippen LogP contribution in [0.1, 0.15) is 53.4 Å². The molecule has 0 atom stereocenters. The molecule has 0 heterocycles. The Labute approximate surface area is 91.5 Å². The molecule has 0 spiro atoms. The van der Waals surface area contributed by atoms with Gasteiger partial charge in [0.25, 0.3) is 0 Å². The quantitative estimate of drug-likeness (QED) is 0.614. The minimum absolute atomic E-state index is 0.475. The summed E-state index contributed by atoms with van der Waals surface area (Å²) in [6.07, 6.45) is 5.93. The molecular weight excluding hydrogens is 267 g/mol. The molecule has 0 saturated heterocycles. The van der Waals surface area contributed by atoms with Crippen molar-refractivity contribution < 1.29 is 3.07 Å². The van der Waals surface area contributed by atoms with Crippen LogP contribution in [0.3, 0.4) is 0 Å². The van der Waals surface area contributed by atoms with Crippen molar-refractivity contribution in [1.82, 2.24) is 0 Å². The van der Waals surface area contributed by atoms with Crippen molar-refractivity contribution in [2.45, 2.75) is 68.4 Å². The Morgan fingerprint density at radius 3 is 1.77 bits per heavy atom. The first-order valence-corrected chi connectivity index (χ1v) is 10.9. The third kappa shape index (κ3) is 9.07. The summed E-state index contributed by atoms with van der Waals surface area (Å²) >= 11 is -1.38. The van der Waals surface area contributed by atoms with Gasteiger partial charge < -0.3 is 0 Å². The van der Waals surface area contributed by atoms with E-state index >= 15 is 0 Å². The fraction of sp³-hybridized carbons (Fsp3) is 1.00. The molecule has 2 heteroatoms. The average Bonchev–Trinajstić information content (AvgIpc) is 2.09. The summed E-state index contributed by atoms with van der Waals surface area (Å²) in [7, 11) is 0. The Morgan fingerprint density at radius 2 is 1.46 bits per heavy atom. The Hall–Kier alpha value is 0.759. The second-order valence-corrected chi connectivity index (χ2v) is 10.5. The van der Waals surface area contributed by atoms with Gasteiger partial charge in [0, 0.05) is 0 Å². The van der Waals surface area contributed by atoms with Crippen LogP contribution in [0.4, 0.5) is 0 Å². The van der Waals surface area contributed by atoms with Crippen LogP contribution < -0.4 is 0 Å². The van der Waals surface area contributed by atoms with E-state index < -0.39 is 20.2 Å². The molecule has 0 aliphatic rings. The van der Waals surface area contributed by atoms with Gasteiger partial charge in [0.1, 0.15) is 0 Å². The van der Waals surface area contributed by atoms with E-state index in [2.05, 4.69) is 27.7 Å². The molecule has 0 aliphatic heterocycles. The summed E-state index contributed by atoms with van der Waals surface area (Å²) < 4.78 is 8.93. The van der Waals surface area contributed by atoms with E-state index in [9.17, 15) is 0 Å².